The van der Waals surface area contributed by atoms with Crippen LogP contribution in [0.15, 0.2) is 0 Å². The monoisotopic (exact) mass is 2190 g/mol. The lowest BCUT2D eigenvalue weighted by molar-refractivity contribution is -0.125. The lowest BCUT2D eigenvalue weighted by Gasteiger charge is -2.28. The Morgan fingerprint density at radius 3 is 0.952 bits per heavy atom. The SMILES string of the molecule is CN(CC(O)CO)C(=O)c1c(I)c(NC(=O)CO)c(I)c(C(=O)NCCN(CCNC(=O)c2c(I)c(NC(=O)C(O)CO)c(I)c(C(=O)N(C)CC(O)CO)c2I)C(=O)c2c(I)c(NC(=O)CO)c(I)c(C(=O)N(C)CC(O)CO)c2I)c1I. The third-order valence-corrected chi connectivity index (χ3v) is 21.3. The van der Waals surface area contributed by atoms with Crippen LogP contribution in [0.1, 0.15) is 62.1 Å². The molecule has 0 aliphatic carbocycles. The van der Waals surface area contributed by atoms with Crippen LogP contribution in [-0.2, 0) is 14.4 Å². The smallest absolute Gasteiger partial charge is 0.256 e. The van der Waals surface area contributed by atoms with Gasteiger partial charge in [-0.3, -0.25) is 43.2 Å². The maximum absolute atomic E-state index is 15.4. The summed E-state index contributed by atoms with van der Waals surface area (Å²) >= 11 is 15.8. The molecule has 0 spiro atoms. The highest BCUT2D eigenvalue weighted by atomic mass is 127. The van der Waals surface area contributed by atoms with Crippen molar-refractivity contribution in [3.8, 4) is 0 Å². The van der Waals surface area contributed by atoms with Crippen molar-refractivity contribution >= 4 is 274 Å². The van der Waals surface area contributed by atoms with Crippen molar-refractivity contribution in [2.75, 3.05) is 123 Å². The van der Waals surface area contributed by atoms with E-state index in [-0.39, 0.29) is 102 Å². The fourth-order valence-electron chi connectivity index (χ4n) is 7.32. The first kappa shape index (κ1) is 77.3. The number of nitrogens with one attached hydrogen (secondary N) is 5. The van der Waals surface area contributed by atoms with Gasteiger partial charge in [0.25, 0.3) is 41.4 Å². The van der Waals surface area contributed by atoms with Gasteiger partial charge in [-0.25, -0.2) is 0 Å². The molecule has 9 amide bonds. The maximum Gasteiger partial charge on any atom is 0.256 e. The molecule has 4 unspecified atom stereocenters. The minimum atomic E-state index is -1.92. The first-order valence-corrected chi connectivity index (χ1v) is 33.6. The standard InChI is InChI=1S/C47H54I9N9O19/c1-62(8-17(72)11-66)44(81)25-29(48)23(32(51)38(34(25)53)59-21(76)15-70)42(79)57-4-6-65(47(84)28-31(50)27(46(83)64(3)10-19(74)13-68)35(54)39(37(28)56)60-22(77)16-71)7-5-58-43(80)24-30(49)26(45(82)63(2)9-18(73)12-67)36(55)40(33(24)52)61-41(78)20(75)14-69/h17-20,66-75H,4-16H2,1-3H3,(H,57,79)(H,58,80)(H,59,76)(H,60,77)(H,61,78). The molecule has 3 rings (SSSR count). The van der Waals surface area contributed by atoms with Crippen LogP contribution in [0.5, 0.6) is 0 Å². The maximum atomic E-state index is 15.4. The van der Waals surface area contributed by atoms with Gasteiger partial charge < -0.3 is 97.2 Å². The molecule has 3 aromatic carbocycles. The topological polar surface area (TPSA) is 429 Å². The van der Waals surface area contributed by atoms with Crippen LogP contribution in [0.25, 0.3) is 0 Å². The highest BCUT2D eigenvalue weighted by Crippen LogP contribution is 2.40. The molecule has 0 aliphatic rings. The summed E-state index contributed by atoms with van der Waals surface area (Å²) < 4.78 is 0.725. The molecular weight excluding hydrogens is 2140 g/mol. The summed E-state index contributed by atoms with van der Waals surface area (Å²) in [5.41, 5.74) is -1.14. The molecule has 0 heterocycles. The van der Waals surface area contributed by atoms with Crippen LogP contribution in [0.4, 0.5) is 17.1 Å². The zero-order valence-corrected chi connectivity index (χ0v) is 63.3. The van der Waals surface area contributed by atoms with Crippen molar-refractivity contribution in [3.63, 3.8) is 0 Å². The second kappa shape index (κ2) is 36.2. The number of nitrogens with zero attached hydrogens (tertiary/aromatic N) is 4. The van der Waals surface area contributed by atoms with E-state index >= 15 is 4.79 Å². The molecule has 84 heavy (non-hydrogen) atoms. The average Bonchev–Trinajstić information content (AvgIpc) is 1.05. The highest BCUT2D eigenvalue weighted by Gasteiger charge is 2.36. The quantitative estimate of drug-likeness (QED) is 0.0421. The first-order chi connectivity index (χ1) is 39.3. The number of benzene rings is 3. The van der Waals surface area contributed by atoms with E-state index in [1.807, 2.05) is 0 Å². The molecule has 0 fully saturated rings. The Morgan fingerprint density at radius 2 is 0.667 bits per heavy atom. The number of hydrogen-bond acceptors (Lipinski definition) is 19. The third kappa shape index (κ3) is 19.5. The number of aliphatic hydroxyl groups is 10. The third-order valence-electron chi connectivity index (χ3n) is 11.5. The molecule has 464 valence electrons. The van der Waals surface area contributed by atoms with E-state index in [1.165, 1.54) is 21.1 Å². The van der Waals surface area contributed by atoms with Crippen molar-refractivity contribution in [2.24, 2.45) is 0 Å². The highest BCUT2D eigenvalue weighted by molar-refractivity contribution is 14.1. The fourth-order valence-corrected chi connectivity index (χ4v) is 20.5. The number of amides is 9. The van der Waals surface area contributed by atoms with E-state index in [2.05, 4.69) is 26.6 Å². The van der Waals surface area contributed by atoms with Crippen LogP contribution < -0.4 is 26.6 Å². The number of likely N-dealkylation sites (N-methyl/N-ethyl adjacent to an activating group) is 3. The number of hydrogen-bond donors (Lipinski definition) is 15. The summed E-state index contributed by atoms with van der Waals surface area (Å²) in [6.07, 6.45) is -6.00. The van der Waals surface area contributed by atoms with E-state index in [4.69, 9.17) is 0 Å². The van der Waals surface area contributed by atoms with Gasteiger partial charge >= 0.3 is 0 Å². The Morgan fingerprint density at radius 1 is 0.393 bits per heavy atom. The van der Waals surface area contributed by atoms with Gasteiger partial charge in [0.05, 0.1) is 117 Å². The second-order valence-electron chi connectivity index (χ2n) is 17.7. The van der Waals surface area contributed by atoms with E-state index in [9.17, 15) is 89.4 Å². The molecule has 3 aromatic rings. The summed E-state index contributed by atoms with van der Waals surface area (Å²) in [6, 6.07) is 0. The Bertz CT molecular complexity index is 3040. The molecule has 15 N–H and O–H groups in total. The minimum Gasteiger partial charge on any atom is -0.394 e. The molecule has 37 heteroatoms. The summed E-state index contributed by atoms with van der Waals surface area (Å²) in [5.74, 6) is -7.78. The number of rotatable bonds is 28. The molecule has 0 aliphatic heterocycles. The fraction of sp³-hybridized carbons (Fsp3) is 0.426. The van der Waals surface area contributed by atoms with E-state index in [0.29, 0.717) is 0 Å². The van der Waals surface area contributed by atoms with Crippen LogP contribution in [0, 0.1) is 32.1 Å². The van der Waals surface area contributed by atoms with Gasteiger partial charge in [-0.1, -0.05) is 0 Å². The van der Waals surface area contributed by atoms with Crippen molar-refractivity contribution < 1.29 is 94.2 Å². The Labute approximate surface area is 602 Å². The number of carbonyl (C=O) groups is 9. The van der Waals surface area contributed by atoms with E-state index in [0.717, 1.165) is 19.6 Å². The van der Waals surface area contributed by atoms with Crippen LogP contribution in [-0.4, -0.2) is 255 Å². The molecule has 0 saturated carbocycles. The number of anilines is 3. The predicted molar refractivity (Wildman–Crippen MR) is 378 cm³/mol. The van der Waals surface area contributed by atoms with Crippen molar-refractivity contribution in [3.05, 3.63) is 65.5 Å². The lowest BCUT2D eigenvalue weighted by atomic mass is 10.1. The Kier molecular flexibility index (Phi) is 33.3. The predicted octanol–water partition coefficient (Wildman–Crippen LogP) is -0.141. The molecule has 0 bridgehead atoms. The molecule has 0 radical (unpaired) electrons. The van der Waals surface area contributed by atoms with E-state index in [1.54, 1.807) is 203 Å². The van der Waals surface area contributed by atoms with Crippen LogP contribution in [0.3, 0.4) is 0 Å². The largest absolute Gasteiger partial charge is 0.394 e. The lowest BCUT2D eigenvalue weighted by Crippen LogP contribution is -2.44. The molecule has 4 atom stereocenters. The van der Waals surface area contributed by atoms with Gasteiger partial charge in [-0.15, -0.1) is 0 Å². The minimum absolute atomic E-state index is 0.0218. The van der Waals surface area contributed by atoms with Crippen molar-refractivity contribution in [2.45, 2.75) is 24.4 Å². The number of halogens is 9. The number of carbonyl (C=O) groups excluding carboxylic acids is 9. The Hall–Kier alpha value is -0.940. The molecular formula is C47H54I9N9O19. The zero-order chi connectivity index (χ0) is 63.9. The van der Waals surface area contributed by atoms with Gasteiger partial charge in [0.1, 0.15) is 13.2 Å². The van der Waals surface area contributed by atoms with Crippen molar-refractivity contribution in [1.82, 2.24) is 30.2 Å². The first-order valence-electron chi connectivity index (χ1n) is 23.8. The summed E-state index contributed by atoms with van der Waals surface area (Å²) in [4.78, 5) is 129. The summed E-state index contributed by atoms with van der Waals surface area (Å²) in [7, 11) is 3.97. The molecule has 28 nitrogen and oxygen atoms in total. The molecule has 0 saturated heterocycles. The van der Waals surface area contributed by atoms with Crippen LogP contribution >= 0.6 is 203 Å². The second-order valence-corrected chi connectivity index (χ2v) is 27.4. The Balaban J connectivity index is 2.32. The summed E-state index contributed by atoms with van der Waals surface area (Å²) in [5, 5.41) is 111. The normalized spacial score (nSPS) is 12.5. The average molecular weight is 2190 g/mol. The summed E-state index contributed by atoms with van der Waals surface area (Å²) in [6.45, 7) is -7.77. The van der Waals surface area contributed by atoms with Crippen LogP contribution in [0.2, 0.25) is 0 Å². The van der Waals surface area contributed by atoms with Gasteiger partial charge in [0.15, 0.2) is 6.10 Å². The van der Waals surface area contributed by atoms with E-state index < -0.39 is 143 Å². The zero-order valence-electron chi connectivity index (χ0n) is 43.8. The van der Waals surface area contributed by atoms with Gasteiger partial charge in [0, 0.05) is 77.7 Å². The molecule has 0 aromatic heterocycles. The van der Waals surface area contributed by atoms with Gasteiger partial charge in [-0.05, 0) is 203 Å². The number of aliphatic hydroxyl groups excluding tert-OH is 10. The van der Waals surface area contributed by atoms with Crippen molar-refractivity contribution in [1.29, 1.82) is 0 Å². The van der Waals surface area contributed by atoms with Gasteiger partial charge in [-0.2, -0.15) is 0 Å². The van der Waals surface area contributed by atoms with Gasteiger partial charge in [0.2, 0.25) is 11.8 Å².